The summed E-state index contributed by atoms with van der Waals surface area (Å²) in [7, 11) is -2.55. The Bertz CT molecular complexity index is 1870. The minimum absolute atomic E-state index is 0.0418. The van der Waals surface area contributed by atoms with Gasteiger partial charge in [0.1, 0.15) is 28.4 Å². The van der Waals surface area contributed by atoms with Gasteiger partial charge < -0.3 is 24.2 Å². The van der Waals surface area contributed by atoms with Crippen molar-refractivity contribution in [2.45, 2.75) is 32.0 Å². The van der Waals surface area contributed by atoms with E-state index in [1.807, 2.05) is 0 Å². The van der Waals surface area contributed by atoms with Crippen LogP contribution in [0.1, 0.15) is 50.8 Å². The quantitative estimate of drug-likeness (QED) is 0.108. The number of nitrogens with zero attached hydrogens (tertiary/aromatic N) is 2. The summed E-state index contributed by atoms with van der Waals surface area (Å²) in [4.78, 5) is 40.5. The molecule has 2 heterocycles. The fraction of sp³-hybridized carbons (Fsp3) is 0.333. The molecule has 2 amide bonds. The van der Waals surface area contributed by atoms with Gasteiger partial charge in [0.15, 0.2) is 23.9 Å². The number of amides is 2. The van der Waals surface area contributed by atoms with Gasteiger partial charge >= 0.3 is 12.6 Å². The Morgan fingerprint density at radius 3 is 2.29 bits per heavy atom. The van der Waals surface area contributed by atoms with Gasteiger partial charge in [-0.05, 0) is 48.6 Å². The van der Waals surface area contributed by atoms with Gasteiger partial charge in [-0.2, -0.15) is 13.5 Å². The highest BCUT2D eigenvalue weighted by molar-refractivity contribution is 7.92. The van der Waals surface area contributed by atoms with Crippen LogP contribution in [-0.4, -0.2) is 64.2 Å². The Morgan fingerprint density at radius 2 is 1.71 bits per heavy atom. The third-order valence-electron chi connectivity index (χ3n) is 7.32. The minimum atomic E-state index is -3.79. The summed E-state index contributed by atoms with van der Waals surface area (Å²) in [5.74, 6) is -2.93. The molecule has 1 saturated carbocycles. The molecule has 2 aromatic carbocycles. The fourth-order valence-electron chi connectivity index (χ4n) is 4.90. The van der Waals surface area contributed by atoms with E-state index in [-0.39, 0.29) is 74.2 Å². The van der Waals surface area contributed by atoms with Gasteiger partial charge in [-0.3, -0.25) is 24.0 Å². The van der Waals surface area contributed by atoms with Gasteiger partial charge in [-0.25, -0.2) is 8.42 Å². The number of sulfonamides is 1. The van der Waals surface area contributed by atoms with Crippen LogP contribution in [0.25, 0.3) is 0 Å². The molecule has 1 atom stereocenters. The number of hydrogen-bond donors (Lipinski definition) is 1. The van der Waals surface area contributed by atoms with Crippen LogP contribution in [0, 0.1) is 11.1 Å². The van der Waals surface area contributed by atoms with Crippen molar-refractivity contribution in [2.24, 2.45) is 5.92 Å². The van der Waals surface area contributed by atoms with E-state index >= 15 is 0 Å². The van der Waals surface area contributed by atoms with Crippen molar-refractivity contribution < 1.29 is 55.3 Å². The number of methoxy groups -OCH3 is 1. The molecule has 0 radical (unpaired) electrons. The monoisotopic (exact) mass is 729 g/mol. The second-order valence-electron chi connectivity index (χ2n) is 11.0. The first-order valence-corrected chi connectivity index (χ1v) is 16.8. The summed E-state index contributed by atoms with van der Waals surface area (Å²) in [5.41, 5.74) is 0.0123. The Kier molecular flexibility index (Phi) is 10.2. The Balaban J connectivity index is 1.44. The maximum Gasteiger partial charge on any atom is 0.387 e. The molecule has 256 valence electrons. The number of anilines is 1. The van der Waals surface area contributed by atoms with Gasteiger partial charge in [-0.15, -0.1) is 0 Å². The predicted octanol–water partition coefficient (Wildman–Crippen LogP) is 4.52. The van der Waals surface area contributed by atoms with Crippen molar-refractivity contribution in [1.29, 1.82) is 0 Å². The maximum absolute atomic E-state index is 13.4. The van der Waals surface area contributed by atoms with E-state index in [1.165, 1.54) is 31.4 Å². The molecule has 1 N–H and O–H groups in total. The number of carbonyl (C=O) groups is 3. The van der Waals surface area contributed by atoms with Crippen molar-refractivity contribution in [2.75, 3.05) is 31.2 Å². The zero-order valence-electron chi connectivity index (χ0n) is 25.2. The molecule has 1 fully saturated rings. The summed E-state index contributed by atoms with van der Waals surface area (Å²) in [6.07, 6.45) is 3.31. The number of carbonyl (C=O) groups excluding carboxylic acids is 3. The first-order chi connectivity index (χ1) is 22.6. The third kappa shape index (κ3) is 8.17. The Morgan fingerprint density at radius 1 is 1.06 bits per heavy atom. The highest BCUT2D eigenvalue weighted by atomic mass is 35.5. The highest BCUT2D eigenvalue weighted by Crippen LogP contribution is 2.38. The van der Waals surface area contributed by atoms with E-state index < -0.39 is 47.1 Å². The van der Waals surface area contributed by atoms with E-state index in [0.29, 0.717) is 9.63 Å². The topological polar surface area (TPSA) is 164 Å². The van der Waals surface area contributed by atoms with E-state index in [1.54, 1.807) is 0 Å². The number of alkyl halides is 2. The summed E-state index contributed by atoms with van der Waals surface area (Å²) < 4.78 is 73.8. The second kappa shape index (κ2) is 14.0. The number of ether oxygens (including phenoxy) is 4. The molecule has 1 unspecified atom stereocenters. The lowest BCUT2D eigenvalue weighted by molar-refractivity contribution is -0.605. The fourth-order valence-corrected chi connectivity index (χ4v) is 6.05. The molecule has 0 saturated heterocycles. The molecular formula is C30H27Cl2F2N3O10S. The lowest BCUT2D eigenvalue weighted by Crippen LogP contribution is -2.36. The zero-order chi connectivity index (χ0) is 34.9. The lowest BCUT2D eigenvalue weighted by atomic mass is 10.0. The molecule has 5 rings (SSSR count). The van der Waals surface area contributed by atoms with E-state index in [0.717, 1.165) is 37.6 Å². The average Bonchev–Trinajstić information content (AvgIpc) is 3.80. The first kappa shape index (κ1) is 34.9. The second-order valence-corrected chi connectivity index (χ2v) is 13.5. The molecule has 18 heteroatoms. The molecule has 0 bridgehead atoms. The van der Waals surface area contributed by atoms with Gasteiger partial charge in [0, 0.05) is 12.0 Å². The van der Waals surface area contributed by atoms with E-state index in [9.17, 15) is 36.8 Å². The lowest BCUT2D eigenvalue weighted by Gasteiger charge is -2.22. The smallest absolute Gasteiger partial charge is 0.387 e. The summed E-state index contributed by atoms with van der Waals surface area (Å²) >= 11 is 12.6. The number of pyridine rings is 1. The first-order valence-electron chi connectivity index (χ1n) is 14.2. The van der Waals surface area contributed by atoms with Crippen LogP contribution in [0.4, 0.5) is 14.5 Å². The molecule has 13 nitrogen and oxygen atoms in total. The van der Waals surface area contributed by atoms with Crippen LogP contribution in [0.2, 0.25) is 10.0 Å². The number of rotatable bonds is 14. The van der Waals surface area contributed by atoms with Gasteiger partial charge in [0.25, 0.3) is 11.8 Å². The van der Waals surface area contributed by atoms with Crippen molar-refractivity contribution >= 4 is 56.7 Å². The minimum Gasteiger partial charge on any atom is -0.619 e. The number of nitrogens with one attached hydrogen (secondary N) is 1. The van der Waals surface area contributed by atoms with E-state index in [4.69, 9.17) is 37.4 Å². The number of esters is 1. The van der Waals surface area contributed by atoms with Crippen LogP contribution in [0.3, 0.4) is 0 Å². The predicted molar refractivity (Wildman–Crippen MR) is 166 cm³/mol. The molecular weight excluding hydrogens is 703 g/mol. The number of hydrogen-bond acceptors (Lipinski definition) is 10. The molecule has 1 aliphatic carbocycles. The number of benzene rings is 2. The van der Waals surface area contributed by atoms with Crippen LogP contribution in [0.5, 0.6) is 17.2 Å². The molecule has 2 aliphatic rings. The molecule has 1 aliphatic heterocycles. The SMILES string of the molecule is COc1cc2c(cc1NS(C)(=O)=O)C(=O)N(CC(=O)OC(Cc1c(Cl)c[n+]([O-])cc1Cl)c1ccc(OC(F)F)c(OCC3CC3)c1)C2=O. The average molecular weight is 731 g/mol. The maximum atomic E-state index is 13.4. The van der Waals surface area contributed by atoms with Crippen molar-refractivity contribution in [3.63, 3.8) is 0 Å². The van der Waals surface area contributed by atoms with Gasteiger partial charge in [0.05, 0.1) is 36.8 Å². The van der Waals surface area contributed by atoms with Crippen LogP contribution < -0.4 is 23.7 Å². The van der Waals surface area contributed by atoms with Crippen molar-refractivity contribution in [3.8, 4) is 17.2 Å². The molecule has 3 aromatic rings. The standard InChI is InChI=1S/C30H27Cl2F2N3O10S/c1-44-25-9-18-17(8-22(25)35-48(2,42)43)28(39)37(29(18)40)13-27(38)46-24(10-19-20(31)11-36(41)12-21(19)32)16-5-6-23(47-30(33)34)26(7-16)45-14-15-3-4-15/h5-9,11-12,15,24,30,35H,3-4,10,13-14H2,1-2H3. The number of fused-ring (bicyclic) bond motifs is 1. The number of halogens is 4. The number of aromatic nitrogens is 1. The number of imide groups is 1. The van der Waals surface area contributed by atoms with Crippen LogP contribution in [-0.2, 0) is 26.0 Å². The molecule has 0 spiro atoms. The Labute approximate surface area is 282 Å². The van der Waals surface area contributed by atoms with Crippen molar-refractivity contribution in [1.82, 2.24) is 4.90 Å². The highest BCUT2D eigenvalue weighted by Gasteiger charge is 2.39. The zero-order valence-corrected chi connectivity index (χ0v) is 27.5. The van der Waals surface area contributed by atoms with E-state index in [2.05, 4.69) is 9.46 Å². The van der Waals surface area contributed by atoms with Gasteiger partial charge in [0.2, 0.25) is 10.0 Å². The van der Waals surface area contributed by atoms with Crippen molar-refractivity contribution in [3.05, 3.63) is 80.2 Å². The Hall–Kier alpha value is -4.41. The summed E-state index contributed by atoms with van der Waals surface area (Å²) in [5, 5.41) is 11.7. The largest absolute Gasteiger partial charge is 0.619 e. The molecule has 1 aromatic heterocycles. The van der Waals surface area contributed by atoms with Crippen LogP contribution >= 0.6 is 23.2 Å². The summed E-state index contributed by atoms with van der Waals surface area (Å²) in [6.45, 7) is -3.78. The normalized spacial score (nSPS) is 14.9. The van der Waals surface area contributed by atoms with Gasteiger partial charge in [-0.1, -0.05) is 29.3 Å². The molecule has 48 heavy (non-hydrogen) atoms. The summed E-state index contributed by atoms with van der Waals surface area (Å²) in [6, 6.07) is 6.20. The van der Waals surface area contributed by atoms with Crippen LogP contribution in [0.15, 0.2) is 42.7 Å². The third-order valence-corrected chi connectivity index (χ3v) is 8.56.